The summed E-state index contributed by atoms with van der Waals surface area (Å²) < 4.78 is 2.28. The lowest BCUT2D eigenvalue weighted by molar-refractivity contribution is 0.593. The van der Waals surface area contributed by atoms with Gasteiger partial charge in [-0.05, 0) is 44.7 Å². The van der Waals surface area contributed by atoms with Crippen LogP contribution in [0.25, 0.3) is 11.0 Å². The van der Waals surface area contributed by atoms with Crippen molar-refractivity contribution in [3.63, 3.8) is 0 Å². The number of aryl methyl sites for hydroxylation is 1. The Hall–Kier alpha value is -0.670. The molecule has 98 valence electrons. The van der Waals surface area contributed by atoms with Crippen LogP contribution in [-0.4, -0.2) is 21.6 Å². The summed E-state index contributed by atoms with van der Waals surface area (Å²) in [7, 11) is 0. The SMILES string of the molecule is CSCC(C)n1c(C(C)Cl)nc2cc(C)ccc21. The topological polar surface area (TPSA) is 17.8 Å². The molecule has 0 N–H and O–H groups in total. The Morgan fingerprint density at radius 2 is 2.11 bits per heavy atom. The highest BCUT2D eigenvalue weighted by atomic mass is 35.5. The quantitative estimate of drug-likeness (QED) is 0.765. The first-order chi connectivity index (χ1) is 8.54. The molecule has 0 fully saturated rings. The second kappa shape index (κ2) is 5.54. The average molecular weight is 283 g/mol. The monoisotopic (exact) mass is 282 g/mol. The predicted molar refractivity (Wildman–Crippen MR) is 81.8 cm³/mol. The normalized spacial score (nSPS) is 14.9. The van der Waals surface area contributed by atoms with Crippen LogP contribution >= 0.6 is 23.4 Å². The molecule has 0 amide bonds. The molecular weight excluding hydrogens is 264 g/mol. The number of halogens is 1. The number of benzene rings is 1. The third-order valence-corrected chi connectivity index (χ3v) is 4.09. The van der Waals surface area contributed by atoms with E-state index in [1.165, 1.54) is 11.1 Å². The Bertz CT molecular complexity index is 548. The zero-order valence-electron chi connectivity index (χ0n) is 11.3. The van der Waals surface area contributed by atoms with Gasteiger partial charge in [0.2, 0.25) is 0 Å². The minimum atomic E-state index is -0.0676. The van der Waals surface area contributed by atoms with E-state index in [4.69, 9.17) is 16.6 Å². The van der Waals surface area contributed by atoms with Crippen LogP contribution < -0.4 is 0 Å². The highest BCUT2D eigenvalue weighted by Gasteiger charge is 2.18. The number of aromatic nitrogens is 2. The number of hydrogen-bond donors (Lipinski definition) is 0. The van der Waals surface area contributed by atoms with E-state index >= 15 is 0 Å². The van der Waals surface area contributed by atoms with E-state index < -0.39 is 0 Å². The summed E-state index contributed by atoms with van der Waals surface area (Å²) in [5.41, 5.74) is 3.47. The van der Waals surface area contributed by atoms with Crippen LogP contribution in [0.5, 0.6) is 0 Å². The van der Waals surface area contributed by atoms with Crippen molar-refractivity contribution < 1.29 is 0 Å². The van der Waals surface area contributed by atoms with Gasteiger partial charge in [0, 0.05) is 11.8 Å². The molecule has 18 heavy (non-hydrogen) atoms. The van der Waals surface area contributed by atoms with Crippen LogP contribution in [0.1, 0.15) is 36.7 Å². The fraction of sp³-hybridized carbons (Fsp3) is 0.500. The summed E-state index contributed by atoms with van der Waals surface area (Å²) in [6.45, 7) is 6.30. The summed E-state index contributed by atoms with van der Waals surface area (Å²) in [6.07, 6.45) is 2.13. The summed E-state index contributed by atoms with van der Waals surface area (Å²) in [5.74, 6) is 2.04. The van der Waals surface area contributed by atoms with Crippen LogP contribution in [0.3, 0.4) is 0 Å². The minimum absolute atomic E-state index is 0.0676. The van der Waals surface area contributed by atoms with Gasteiger partial charge in [0.05, 0.1) is 16.4 Å². The highest BCUT2D eigenvalue weighted by molar-refractivity contribution is 7.98. The molecule has 0 saturated carbocycles. The van der Waals surface area contributed by atoms with E-state index in [2.05, 4.69) is 42.9 Å². The number of rotatable bonds is 4. The van der Waals surface area contributed by atoms with Crippen molar-refractivity contribution in [2.75, 3.05) is 12.0 Å². The van der Waals surface area contributed by atoms with Crippen LogP contribution in [0, 0.1) is 6.92 Å². The molecule has 0 aliphatic heterocycles. The average Bonchev–Trinajstić information content (AvgIpc) is 2.67. The molecule has 0 saturated heterocycles. The van der Waals surface area contributed by atoms with Gasteiger partial charge >= 0.3 is 0 Å². The fourth-order valence-electron chi connectivity index (χ4n) is 2.29. The number of imidazole rings is 1. The van der Waals surface area contributed by atoms with Crippen LogP contribution in [0.4, 0.5) is 0 Å². The van der Waals surface area contributed by atoms with Crippen molar-refractivity contribution in [1.82, 2.24) is 9.55 Å². The second-order valence-electron chi connectivity index (χ2n) is 4.75. The van der Waals surface area contributed by atoms with Crippen LogP contribution in [0.2, 0.25) is 0 Å². The van der Waals surface area contributed by atoms with Crippen LogP contribution in [-0.2, 0) is 0 Å². The molecule has 2 atom stereocenters. The van der Waals surface area contributed by atoms with Gasteiger partial charge in [-0.1, -0.05) is 6.07 Å². The number of alkyl halides is 1. The maximum atomic E-state index is 6.27. The molecule has 2 unspecified atom stereocenters. The van der Waals surface area contributed by atoms with Crippen molar-refractivity contribution in [1.29, 1.82) is 0 Å². The van der Waals surface area contributed by atoms with Crippen molar-refractivity contribution in [3.05, 3.63) is 29.6 Å². The molecule has 1 aromatic heterocycles. The molecule has 1 aromatic carbocycles. The molecule has 2 rings (SSSR count). The standard InChI is InChI=1S/C14H19ClN2S/c1-9-5-6-13-12(7-9)16-14(11(3)15)17(13)10(2)8-18-4/h5-7,10-11H,8H2,1-4H3. The van der Waals surface area contributed by atoms with Gasteiger partial charge in [-0.3, -0.25) is 0 Å². The Morgan fingerprint density at radius 3 is 2.72 bits per heavy atom. The summed E-state index contributed by atoms with van der Waals surface area (Å²) in [4.78, 5) is 4.70. The minimum Gasteiger partial charge on any atom is -0.323 e. The van der Waals surface area contributed by atoms with Gasteiger partial charge in [-0.15, -0.1) is 11.6 Å². The Balaban J connectivity index is 2.62. The van der Waals surface area contributed by atoms with Crippen molar-refractivity contribution in [2.45, 2.75) is 32.2 Å². The lowest BCUT2D eigenvalue weighted by atomic mass is 10.2. The molecule has 0 bridgehead atoms. The number of hydrogen-bond acceptors (Lipinski definition) is 2. The van der Waals surface area contributed by atoms with Crippen molar-refractivity contribution in [2.24, 2.45) is 0 Å². The molecule has 0 aliphatic carbocycles. The Labute approximate surface area is 118 Å². The third-order valence-electron chi connectivity index (χ3n) is 3.08. The molecule has 2 aromatic rings. The van der Waals surface area contributed by atoms with Crippen LogP contribution in [0.15, 0.2) is 18.2 Å². The zero-order chi connectivity index (χ0) is 13.3. The highest BCUT2D eigenvalue weighted by Crippen LogP contribution is 2.29. The first kappa shape index (κ1) is 13.8. The third kappa shape index (κ3) is 2.52. The van der Waals surface area contributed by atoms with E-state index in [1.807, 2.05) is 18.7 Å². The second-order valence-corrected chi connectivity index (χ2v) is 6.32. The van der Waals surface area contributed by atoms with Gasteiger partial charge in [0.15, 0.2) is 0 Å². The predicted octanol–water partition coefficient (Wildman–Crippen LogP) is 4.57. The molecule has 2 nitrogen and oxygen atoms in total. The molecule has 4 heteroatoms. The first-order valence-electron chi connectivity index (χ1n) is 6.16. The number of nitrogens with zero attached hydrogens (tertiary/aromatic N) is 2. The molecule has 1 heterocycles. The molecule has 0 aliphatic rings. The lowest BCUT2D eigenvalue weighted by Gasteiger charge is -2.17. The fourth-order valence-corrected chi connectivity index (χ4v) is 3.07. The largest absolute Gasteiger partial charge is 0.323 e. The smallest absolute Gasteiger partial charge is 0.127 e. The van der Waals surface area contributed by atoms with Gasteiger partial charge in [0.25, 0.3) is 0 Å². The van der Waals surface area contributed by atoms with E-state index in [0.717, 1.165) is 17.1 Å². The molecular formula is C14H19ClN2S. The maximum absolute atomic E-state index is 6.27. The van der Waals surface area contributed by atoms with Gasteiger partial charge in [-0.25, -0.2) is 4.98 Å². The van der Waals surface area contributed by atoms with Gasteiger partial charge < -0.3 is 4.57 Å². The Kier molecular flexibility index (Phi) is 4.23. The van der Waals surface area contributed by atoms with E-state index in [1.54, 1.807) is 0 Å². The van der Waals surface area contributed by atoms with Crippen molar-refractivity contribution >= 4 is 34.4 Å². The summed E-state index contributed by atoms with van der Waals surface area (Å²) in [6, 6.07) is 6.82. The van der Waals surface area contributed by atoms with Gasteiger partial charge in [0.1, 0.15) is 5.82 Å². The first-order valence-corrected chi connectivity index (χ1v) is 7.99. The molecule has 0 radical (unpaired) electrons. The summed E-state index contributed by atoms with van der Waals surface area (Å²) >= 11 is 8.12. The van der Waals surface area contributed by atoms with E-state index in [9.17, 15) is 0 Å². The lowest BCUT2D eigenvalue weighted by Crippen LogP contribution is -2.11. The van der Waals surface area contributed by atoms with Gasteiger partial charge in [-0.2, -0.15) is 11.8 Å². The van der Waals surface area contributed by atoms with E-state index in [-0.39, 0.29) is 5.38 Å². The Morgan fingerprint density at radius 1 is 1.39 bits per heavy atom. The van der Waals surface area contributed by atoms with E-state index in [0.29, 0.717) is 6.04 Å². The molecule has 0 spiro atoms. The summed E-state index contributed by atoms with van der Waals surface area (Å²) in [5, 5.41) is -0.0676. The maximum Gasteiger partial charge on any atom is 0.127 e. The number of thioether (sulfide) groups is 1. The number of fused-ring (bicyclic) bond motifs is 1. The zero-order valence-corrected chi connectivity index (χ0v) is 12.8. The van der Waals surface area contributed by atoms with Crippen molar-refractivity contribution in [3.8, 4) is 0 Å².